The van der Waals surface area contributed by atoms with Crippen LogP contribution in [0.4, 0.5) is 0 Å². The number of hydrogen-bond donors (Lipinski definition) is 1. The van der Waals surface area contributed by atoms with Crippen LogP contribution in [0.15, 0.2) is 0 Å². The van der Waals surface area contributed by atoms with Gasteiger partial charge in [0.25, 0.3) is 0 Å². The van der Waals surface area contributed by atoms with Gasteiger partial charge in [0, 0.05) is 18.0 Å². The van der Waals surface area contributed by atoms with Gasteiger partial charge in [-0.1, -0.05) is 0 Å². The van der Waals surface area contributed by atoms with Crippen molar-refractivity contribution >= 4 is 6.29 Å². The van der Waals surface area contributed by atoms with Gasteiger partial charge in [-0.15, -0.1) is 0 Å². The van der Waals surface area contributed by atoms with Crippen LogP contribution in [0.2, 0.25) is 0 Å². The van der Waals surface area contributed by atoms with Crippen molar-refractivity contribution in [3.8, 4) is 0 Å². The largest absolute Gasteiger partial charge is 0.310 e. The van der Waals surface area contributed by atoms with E-state index in [-0.39, 0.29) is 5.54 Å². The van der Waals surface area contributed by atoms with E-state index in [0.717, 1.165) is 12.8 Å². The standard InChI is InChI=1S/C10H20NO/c1-9(7-5-6-8-12)11-10(2,3)4/h9,11H,5-7H2,1-4H3. The molecule has 12 heavy (non-hydrogen) atoms. The molecule has 0 aliphatic heterocycles. The van der Waals surface area contributed by atoms with E-state index in [1.165, 1.54) is 0 Å². The highest BCUT2D eigenvalue weighted by molar-refractivity contribution is 5.50. The van der Waals surface area contributed by atoms with Gasteiger partial charge >= 0.3 is 0 Å². The quantitative estimate of drug-likeness (QED) is 0.640. The van der Waals surface area contributed by atoms with Crippen LogP contribution in [-0.4, -0.2) is 17.9 Å². The summed E-state index contributed by atoms with van der Waals surface area (Å²) in [5, 5.41) is 3.45. The molecule has 0 spiro atoms. The number of carbonyl (C=O) groups excluding carboxylic acids is 1. The first kappa shape index (κ1) is 11.6. The molecular weight excluding hydrogens is 150 g/mol. The van der Waals surface area contributed by atoms with Crippen LogP contribution >= 0.6 is 0 Å². The first-order valence-electron chi connectivity index (χ1n) is 4.58. The third-order valence-corrected chi connectivity index (χ3v) is 1.60. The Bertz CT molecular complexity index is 126. The summed E-state index contributed by atoms with van der Waals surface area (Å²) in [6.45, 7) is 8.59. The van der Waals surface area contributed by atoms with Gasteiger partial charge in [-0.3, -0.25) is 4.79 Å². The Morgan fingerprint density at radius 1 is 1.42 bits per heavy atom. The fourth-order valence-corrected chi connectivity index (χ4v) is 1.29. The predicted octanol–water partition coefficient (Wildman–Crippen LogP) is 2.04. The second-order valence-corrected chi connectivity index (χ2v) is 4.33. The van der Waals surface area contributed by atoms with E-state index < -0.39 is 0 Å². The highest BCUT2D eigenvalue weighted by Gasteiger charge is 2.12. The van der Waals surface area contributed by atoms with Crippen LogP contribution in [0.3, 0.4) is 0 Å². The van der Waals surface area contributed by atoms with Crippen molar-refractivity contribution in [1.82, 2.24) is 5.32 Å². The second-order valence-electron chi connectivity index (χ2n) is 4.33. The first-order chi connectivity index (χ1) is 5.45. The molecule has 1 N–H and O–H groups in total. The molecule has 0 rings (SSSR count). The van der Waals surface area contributed by atoms with Crippen LogP contribution in [0.1, 0.15) is 47.0 Å². The second kappa shape index (κ2) is 5.31. The fourth-order valence-electron chi connectivity index (χ4n) is 1.29. The van der Waals surface area contributed by atoms with Gasteiger partial charge in [0.1, 0.15) is 0 Å². The smallest absolute Gasteiger partial charge is 0.198 e. The molecule has 71 valence electrons. The average molecular weight is 170 g/mol. The van der Waals surface area contributed by atoms with Crippen LogP contribution in [-0.2, 0) is 4.79 Å². The Kier molecular flexibility index (Phi) is 5.14. The first-order valence-corrected chi connectivity index (χ1v) is 4.58. The van der Waals surface area contributed by atoms with Gasteiger partial charge in [0.05, 0.1) is 0 Å². The Morgan fingerprint density at radius 3 is 2.42 bits per heavy atom. The Labute approximate surface area is 75.7 Å². The minimum atomic E-state index is 0.171. The summed E-state index contributed by atoms with van der Waals surface area (Å²) < 4.78 is 0. The van der Waals surface area contributed by atoms with Crippen molar-refractivity contribution in [1.29, 1.82) is 0 Å². The Hall–Kier alpha value is -0.370. The summed E-state index contributed by atoms with van der Waals surface area (Å²) in [6, 6.07) is 0.485. The molecule has 1 unspecified atom stereocenters. The third-order valence-electron chi connectivity index (χ3n) is 1.60. The summed E-state index contributed by atoms with van der Waals surface area (Å²) in [5.41, 5.74) is 0.171. The summed E-state index contributed by atoms with van der Waals surface area (Å²) in [7, 11) is 0. The monoisotopic (exact) mass is 170 g/mol. The lowest BCUT2D eigenvalue weighted by Crippen LogP contribution is -2.42. The summed E-state index contributed by atoms with van der Waals surface area (Å²) >= 11 is 0. The number of hydrogen-bond acceptors (Lipinski definition) is 2. The zero-order valence-corrected chi connectivity index (χ0v) is 8.61. The summed E-state index contributed by atoms with van der Waals surface area (Å²) in [5.74, 6) is 0. The predicted molar refractivity (Wildman–Crippen MR) is 51.9 cm³/mol. The van der Waals surface area contributed by atoms with E-state index in [1.807, 2.05) is 6.29 Å². The Morgan fingerprint density at radius 2 is 2.00 bits per heavy atom. The molecule has 0 aromatic heterocycles. The molecule has 2 heteroatoms. The molecule has 0 aromatic carbocycles. The van der Waals surface area contributed by atoms with Gasteiger partial charge in [-0.05, 0) is 40.5 Å². The van der Waals surface area contributed by atoms with Gasteiger partial charge < -0.3 is 5.32 Å². The van der Waals surface area contributed by atoms with Crippen molar-refractivity contribution in [3.63, 3.8) is 0 Å². The number of rotatable bonds is 5. The minimum Gasteiger partial charge on any atom is -0.310 e. The van der Waals surface area contributed by atoms with Crippen molar-refractivity contribution in [2.24, 2.45) is 0 Å². The molecule has 0 fully saturated rings. The van der Waals surface area contributed by atoms with Gasteiger partial charge in [0.2, 0.25) is 0 Å². The van der Waals surface area contributed by atoms with Crippen molar-refractivity contribution < 1.29 is 4.79 Å². The highest BCUT2D eigenvalue weighted by Crippen LogP contribution is 2.05. The molecule has 0 aliphatic carbocycles. The lowest BCUT2D eigenvalue weighted by molar-refractivity contribution is 0.357. The van der Waals surface area contributed by atoms with E-state index in [0.29, 0.717) is 12.5 Å². The fraction of sp³-hybridized carbons (Fsp3) is 0.900. The molecule has 1 atom stereocenters. The molecule has 0 saturated carbocycles. The maximum atomic E-state index is 9.93. The molecule has 0 heterocycles. The van der Waals surface area contributed by atoms with Gasteiger partial charge in [0.15, 0.2) is 6.29 Å². The summed E-state index contributed by atoms with van der Waals surface area (Å²) in [6.07, 6.45) is 4.46. The number of unbranched alkanes of at least 4 members (excludes halogenated alkanes) is 1. The lowest BCUT2D eigenvalue weighted by Gasteiger charge is -2.25. The molecular formula is C10H20NO. The zero-order valence-electron chi connectivity index (χ0n) is 8.61. The topological polar surface area (TPSA) is 29.1 Å². The van der Waals surface area contributed by atoms with Gasteiger partial charge in [-0.2, -0.15) is 0 Å². The summed E-state index contributed by atoms with van der Waals surface area (Å²) in [4.78, 5) is 9.93. The van der Waals surface area contributed by atoms with Gasteiger partial charge in [-0.25, -0.2) is 0 Å². The van der Waals surface area contributed by atoms with Crippen molar-refractivity contribution in [3.05, 3.63) is 0 Å². The molecule has 0 saturated heterocycles. The van der Waals surface area contributed by atoms with Crippen LogP contribution in [0.25, 0.3) is 0 Å². The molecule has 0 bridgehead atoms. The maximum Gasteiger partial charge on any atom is 0.198 e. The molecule has 0 aromatic rings. The highest BCUT2D eigenvalue weighted by atomic mass is 16.1. The molecule has 0 amide bonds. The van der Waals surface area contributed by atoms with Crippen molar-refractivity contribution in [2.75, 3.05) is 0 Å². The van der Waals surface area contributed by atoms with Crippen molar-refractivity contribution in [2.45, 2.75) is 58.5 Å². The van der Waals surface area contributed by atoms with E-state index in [4.69, 9.17) is 0 Å². The normalized spacial score (nSPS) is 14.3. The van der Waals surface area contributed by atoms with E-state index >= 15 is 0 Å². The molecule has 0 aliphatic rings. The molecule has 1 radical (unpaired) electrons. The van der Waals surface area contributed by atoms with Crippen LogP contribution in [0, 0.1) is 0 Å². The SMILES string of the molecule is CC(CCC[C]=O)NC(C)(C)C. The number of nitrogens with one attached hydrogen (secondary N) is 1. The third kappa shape index (κ3) is 7.73. The van der Waals surface area contributed by atoms with E-state index in [2.05, 4.69) is 33.0 Å². The lowest BCUT2D eigenvalue weighted by atomic mass is 10.0. The van der Waals surface area contributed by atoms with E-state index in [1.54, 1.807) is 0 Å². The van der Waals surface area contributed by atoms with Crippen LogP contribution in [0.5, 0.6) is 0 Å². The zero-order chi connectivity index (χ0) is 9.61. The minimum absolute atomic E-state index is 0.171. The molecule has 2 nitrogen and oxygen atoms in total. The van der Waals surface area contributed by atoms with E-state index in [9.17, 15) is 4.79 Å². The Balaban J connectivity index is 3.46. The average Bonchev–Trinajstić information content (AvgIpc) is 1.84. The van der Waals surface area contributed by atoms with Crippen LogP contribution < -0.4 is 5.32 Å². The maximum absolute atomic E-state index is 9.93.